The van der Waals surface area contributed by atoms with Gasteiger partial charge in [0.05, 0.1) is 11.4 Å². The Kier molecular flexibility index (Phi) is 2.35. The fourth-order valence-corrected chi connectivity index (χ4v) is 3.17. The zero-order valence-electron chi connectivity index (χ0n) is 8.67. The third-order valence-corrected chi connectivity index (χ3v) is 4.10. The van der Waals surface area contributed by atoms with E-state index >= 15 is 0 Å². The molecule has 15 heavy (non-hydrogen) atoms. The number of halogens is 1. The molecule has 2 nitrogen and oxygen atoms in total. The lowest BCUT2D eigenvalue weighted by atomic mass is 9.98. The molecule has 80 valence electrons. The van der Waals surface area contributed by atoms with Gasteiger partial charge >= 0.3 is 0 Å². The number of hydrogen-bond acceptors (Lipinski definition) is 2. The maximum absolute atomic E-state index is 3.61. The van der Waals surface area contributed by atoms with Gasteiger partial charge in [-0.1, -0.05) is 6.07 Å². The van der Waals surface area contributed by atoms with Crippen molar-refractivity contribution in [2.24, 2.45) is 0 Å². The highest BCUT2D eigenvalue weighted by atomic mass is 79.9. The number of benzene rings is 1. The third kappa shape index (κ3) is 1.53. The first-order valence-corrected chi connectivity index (χ1v) is 6.44. The molecule has 0 aliphatic carbocycles. The van der Waals surface area contributed by atoms with Gasteiger partial charge < -0.3 is 10.2 Å². The predicted octanol–water partition coefficient (Wildman–Crippen LogP) is 3.23. The summed E-state index contributed by atoms with van der Waals surface area (Å²) in [6.07, 6.45) is 4.05. The Hall–Kier alpha value is -0.700. The molecule has 0 radical (unpaired) electrons. The fraction of sp³-hybridized carbons (Fsp3) is 0.500. The number of piperidine rings is 1. The molecule has 0 spiro atoms. The van der Waals surface area contributed by atoms with Crippen molar-refractivity contribution >= 4 is 27.3 Å². The highest BCUT2D eigenvalue weighted by Crippen LogP contribution is 2.39. The summed E-state index contributed by atoms with van der Waals surface area (Å²) < 4.78 is 1.18. The van der Waals surface area contributed by atoms with Crippen molar-refractivity contribution in [2.75, 3.05) is 23.3 Å². The van der Waals surface area contributed by atoms with E-state index in [1.807, 2.05) is 0 Å². The second-order valence-electron chi connectivity index (χ2n) is 4.36. The fourth-order valence-electron chi connectivity index (χ4n) is 2.68. The van der Waals surface area contributed by atoms with Gasteiger partial charge in [0, 0.05) is 23.6 Å². The van der Waals surface area contributed by atoms with Gasteiger partial charge in [-0.15, -0.1) is 0 Å². The summed E-state index contributed by atoms with van der Waals surface area (Å²) in [5.74, 6) is 0. The van der Waals surface area contributed by atoms with Crippen molar-refractivity contribution in [3.63, 3.8) is 0 Å². The molecule has 0 saturated carbocycles. The van der Waals surface area contributed by atoms with Crippen molar-refractivity contribution in [2.45, 2.75) is 25.3 Å². The van der Waals surface area contributed by atoms with E-state index < -0.39 is 0 Å². The molecule has 1 N–H and O–H groups in total. The minimum Gasteiger partial charge on any atom is -0.380 e. The SMILES string of the molecule is Brc1cccc2c1NCC1CCCCN21. The molecule has 1 atom stereocenters. The van der Waals surface area contributed by atoms with Crippen LogP contribution in [0.2, 0.25) is 0 Å². The first-order valence-electron chi connectivity index (χ1n) is 5.65. The Morgan fingerprint density at radius 1 is 1.33 bits per heavy atom. The summed E-state index contributed by atoms with van der Waals surface area (Å²) in [4.78, 5) is 2.57. The molecule has 1 saturated heterocycles. The second-order valence-corrected chi connectivity index (χ2v) is 5.21. The standard InChI is InChI=1S/C12H15BrN2/c13-10-5-3-6-11-12(10)14-8-9-4-1-2-7-15(9)11/h3,5-6,9,14H,1-2,4,7-8H2. The van der Waals surface area contributed by atoms with Crippen molar-refractivity contribution < 1.29 is 0 Å². The van der Waals surface area contributed by atoms with E-state index in [9.17, 15) is 0 Å². The summed E-state index contributed by atoms with van der Waals surface area (Å²) in [7, 11) is 0. The molecule has 3 rings (SSSR count). The van der Waals surface area contributed by atoms with Crippen molar-refractivity contribution in [1.29, 1.82) is 0 Å². The molecule has 3 heteroatoms. The summed E-state index contributed by atoms with van der Waals surface area (Å²) in [6.45, 7) is 2.31. The van der Waals surface area contributed by atoms with E-state index in [2.05, 4.69) is 44.3 Å². The molecular formula is C12H15BrN2. The molecule has 2 aliphatic rings. The molecule has 2 aliphatic heterocycles. The van der Waals surface area contributed by atoms with Crippen LogP contribution in [0, 0.1) is 0 Å². The number of hydrogen-bond donors (Lipinski definition) is 1. The zero-order chi connectivity index (χ0) is 10.3. The van der Waals surface area contributed by atoms with Crippen LogP contribution in [0.15, 0.2) is 22.7 Å². The third-order valence-electron chi connectivity index (χ3n) is 3.44. The van der Waals surface area contributed by atoms with Gasteiger partial charge in [0.1, 0.15) is 0 Å². The van der Waals surface area contributed by atoms with Crippen molar-refractivity contribution in [3.8, 4) is 0 Å². The van der Waals surface area contributed by atoms with E-state index in [1.165, 1.54) is 41.7 Å². The molecule has 1 aromatic carbocycles. The lowest BCUT2D eigenvalue weighted by molar-refractivity contribution is 0.466. The average Bonchev–Trinajstić information content (AvgIpc) is 2.29. The molecule has 0 aromatic heterocycles. The van der Waals surface area contributed by atoms with Crippen LogP contribution in [0.5, 0.6) is 0 Å². The van der Waals surface area contributed by atoms with Crippen LogP contribution in [-0.2, 0) is 0 Å². The highest BCUT2D eigenvalue weighted by molar-refractivity contribution is 9.10. The molecule has 1 unspecified atom stereocenters. The van der Waals surface area contributed by atoms with Gasteiger partial charge in [0.15, 0.2) is 0 Å². The molecule has 1 fully saturated rings. The van der Waals surface area contributed by atoms with Gasteiger partial charge in [-0.3, -0.25) is 0 Å². The Labute approximate surface area is 98.8 Å². The molecule has 2 heterocycles. The largest absolute Gasteiger partial charge is 0.380 e. The summed E-state index contributed by atoms with van der Waals surface area (Å²) in [6, 6.07) is 7.17. The van der Waals surface area contributed by atoms with Crippen molar-refractivity contribution in [1.82, 2.24) is 0 Å². The van der Waals surface area contributed by atoms with Crippen LogP contribution in [0.25, 0.3) is 0 Å². The normalized spacial score (nSPS) is 24.1. The zero-order valence-corrected chi connectivity index (χ0v) is 10.3. The van der Waals surface area contributed by atoms with Crippen LogP contribution < -0.4 is 10.2 Å². The minimum atomic E-state index is 0.709. The number of anilines is 2. The van der Waals surface area contributed by atoms with E-state index in [4.69, 9.17) is 0 Å². The Morgan fingerprint density at radius 3 is 3.20 bits per heavy atom. The van der Waals surface area contributed by atoms with Gasteiger partial charge in [-0.25, -0.2) is 0 Å². The van der Waals surface area contributed by atoms with Crippen LogP contribution in [0.3, 0.4) is 0 Å². The highest BCUT2D eigenvalue weighted by Gasteiger charge is 2.28. The lowest BCUT2D eigenvalue weighted by Gasteiger charge is -2.42. The topological polar surface area (TPSA) is 15.3 Å². The number of nitrogens with zero attached hydrogens (tertiary/aromatic N) is 1. The summed E-state index contributed by atoms with van der Waals surface area (Å²) in [5.41, 5.74) is 2.65. The van der Waals surface area contributed by atoms with Crippen LogP contribution in [0.1, 0.15) is 19.3 Å². The summed E-state index contributed by atoms with van der Waals surface area (Å²) >= 11 is 3.61. The van der Waals surface area contributed by atoms with Crippen LogP contribution in [-0.4, -0.2) is 19.1 Å². The van der Waals surface area contributed by atoms with Crippen LogP contribution in [0.4, 0.5) is 11.4 Å². The molecule has 1 aromatic rings. The maximum Gasteiger partial charge on any atom is 0.0723 e. The number of fused-ring (bicyclic) bond motifs is 3. The summed E-state index contributed by atoms with van der Waals surface area (Å²) in [5, 5.41) is 3.54. The van der Waals surface area contributed by atoms with E-state index in [1.54, 1.807) is 0 Å². The monoisotopic (exact) mass is 266 g/mol. The van der Waals surface area contributed by atoms with Gasteiger partial charge in [0.25, 0.3) is 0 Å². The number of para-hydroxylation sites is 1. The second kappa shape index (κ2) is 3.71. The molecular weight excluding hydrogens is 252 g/mol. The Balaban J connectivity index is 2.03. The first kappa shape index (κ1) is 9.52. The average molecular weight is 267 g/mol. The smallest absolute Gasteiger partial charge is 0.0723 e. The van der Waals surface area contributed by atoms with Gasteiger partial charge in [-0.05, 0) is 47.3 Å². The van der Waals surface area contributed by atoms with Crippen LogP contribution >= 0.6 is 15.9 Å². The first-order chi connectivity index (χ1) is 7.36. The predicted molar refractivity (Wildman–Crippen MR) is 67.6 cm³/mol. The minimum absolute atomic E-state index is 0.709. The maximum atomic E-state index is 3.61. The van der Waals surface area contributed by atoms with E-state index in [0.717, 1.165) is 6.54 Å². The van der Waals surface area contributed by atoms with E-state index in [0.29, 0.717) is 6.04 Å². The lowest BCUT2D eigenvalue weighted by Crippen LogP contribution is -2.47. The van der Waals surface area contributed by atoms with E-state index in [-0.39, 0.29) is 0 Å². The Morgan fingerprint density at radius 2 is 2.27 bits per heavy atom. The quantitative estimate of drug-likeness (QED) is 0.776. The molecule has 0 bridgehead atoms. The van der Waals surface area contributed by atoms with Gasteiger partial charge in [-0.2, -0.15) is 0 Å². The molecule has 0 amide bonds. The number of nitrogens with one attached hydrogen (secondary N) is 1. The number of rotatable bonds is 0. The van der Waals surface area contributed by atoms with Gasteiger partial charge in [0.2, 0.25) is 0 Å². The Bertz CT molecular complexity index is 378. The van der Waals surface area contributed by atoms with Crippen molar-refractivity contribution in [3.05, 3.63) is 22.7 Å².